The maximum absolute atomic E-state index is 14.4. The standard InChI is InChI=1S/C51H66ClN5O16S/c1-28-10-9-11-36(69-8)51(67)25-38(71-48(66)53-51)50(4)27-49(3,73-50)37(24-42(61)55(6)33-21-31(20-28)22-34(68-7)44(33)52)70-46(64)29(2)54(5)39(58)18-19-74-35-23-43(62)56(45(35)63)26-30-12-14-32(15-13-30)47(65)72-57-40(59)16-17-41(57)60/h9-11,21-22,29-30,32,35-38,67H,12-20,23-27H2,1-8H3,(H,53,66)/b11-9+,28-10+. The molecule has 1 aliphatic carbocycles. The summed E-state index contributed by atoms with van der Waals surface area (Å²) >= 11 is 7.98. The Labute approximate surface area is 438 Å². The highest BCUT2D eigenvalue weighted by atomic mass is 35.5. The maximum atomic E-state index is 14.4. The van der Waals surface area contributed by atoms with Gasteiger partial charge in [0, 0.05) is 72.0 Å². The van der Waals surface area contributed by atoms with Crippen LogP contribution in [0.2, 0.25) is 5.02 Å². The molecule has 6 bridgehead atoms. The summed E-state index contributed by atoms with van der Waals surface area (Å²) in [6.07, 6.45) is 2.65. The van der Waals surface area contributed by atoms with E-state index in [1.165, 1.54) is 61.7 Å². The van der Waals surface area contributed by atoms with Gasteiger partial charge in [-0.25, -0.2) is 14.4 Å². The summed E-state index contributed by atoms with van der Waals surface area (Å²) in [6, 6.07) is 2.36. The summed E-state index contributed by atoms with van der Waals surface area (Å²) < 4.78 is 29.7. The number of hydroxylamine groups is 2. The Balaban J connectivity index is 0.986. The number of aliphatic hydroxyl groups is 1. The van der Waals surface area contributed by atoms with Gasteiger partial charge in [0.05, 0.1) is 30.4 Å². The van der Waals surface area contributed by atoms with Crippen LogP contribution in [0.25, 0.3) is 0 Å². The smallest absolute Gasteiger partial charge is 0.409 e. The second kappa shape index (κ2) is 22.7. The number of carbonyl (C=O) groups excluding carboxylic acids is 9. The van der Waals surface area contributed by atoms with Crippen molar-refractivity contribution in [2.45, 2.75) is 151 Å². The van der Waals surface area contributed by atoms with Crippen LogP contribution in [0, 0.1) is 11.8 Å². The van der Waals surface area contributed by atoms with E-state index in [-0.39, 0.29) is 73.6 Å². The molecule has 23 heteroatoms. The van der Waals surface area contributed by atoms with Gasteiger partial charge in [0.1, 0.15) is 46.3 Å². The largest absolute Gasteiger partial charge is 0.495 e. The van der Waals surface area contributed by atoms with Crippen LogP contribution in [0.4, 0.5) is 10.5 Å². The van der Waals surface area contributed by atoms with E-state index in [4.69, 9.17) is 40.1 Å². The van der Waals surface area contributed by atoms with Crippen LogP contribution in [0.1, 0.15) is 104 Å². The van der Waals surface area contributed by atoms with Gasteiger partial charge in [-0.05, 0) is 83.4 Å². The summed E-state index contributed by atoms with van der Waals surface area (Å²) in [5, 5.41) is 14.4. The molecular weight excluding hydrogens is 1010 g/mol. The summed E-state index contributed by atoms with van der Waals surface area (Å²) in [7, 11) is 5.83. The van der Waals surface area contributed by atoms with Crippen molar-refractivity contribution in [3.05, 3.63) is 46.5 Å². The monoisotopic (exact) mass is 1070 g/mol. The van der Waals surface area contributed by atoms with Crippen molar-refractivity contribution >= 4 is 82.5 Å². The van der Waals surface area contributed by atoms with Crippen molar-refractivity contribution in [3.63, 3.8) is 0 Å². The van der Waals surface area contributed by atoms with Crippen molar-refractivity contribution in [1.82, 2.24) is 20.2 Å². The number of amides is 7. The first-order chi connectivity index (χ1) is 34.9. The second-order valence-corrected chi connectivity index (χ2v) is 22.2. The number of nitrogens with zero attached hydrogens (tertiary/aromatic N) is 4. The third kappa shape index (κ3) is 12.1. The molecule has 0 aromatic heterocycles. The average Bonchev–Trinajstić information content (AvgIpc) is 3.80. The molecule has 0 spiro atoms. The van der Waals surface area contributed by atoms with E-state index in [0.717, 1.165) is 11.1 Å². The van der Waals surface area contributed by atoms with E-state index in [0.29, 0.717) is 48.6 Å². The molecule has 74 heavy (non-hydrogen) atoms. The molecule has 8 atom stereocenters. The van der Waals surface area contributed by atoms with Gasteiger partial charge in [-0.3, -0.25) is 39.0 Å². The Bertz CT molecular complexity index is 2470. The van der Waals surface area contributed by atoms with Crippen molar-refractivity contribution < 1.29 is 76.8 Å². The molecular formula is C51H66ClN5O16S. The molecule has 2 N–H and O–H groups in total. The van der Waals surface area contributed by atoms with Crippen LogP contribution in [0.3, 0.4) is 0 Å². The Morgan fingerprint density at radius 2 is 1.66 bits per heavy atom. The first kappa shape index (κ1) is 56.2. The van der Waals surface area contributed by atoms with Crippen molar-refractivity contribution in [1.29, 1.82) is 0 Å². The molecule has 1 aromatic carbocycles. The zero-order valence-corrected chi connectivity index (χ0v) is 44.5. The molecule has 6 aliphatic heterocycles. The molecule has 7 amide bonds. The lowest BCUT2D eigenvalue weighted by molar-refractivity contribution is -0.328. The van der Waals surface area contributed by atoms with E-state index >= 15 is 0 Å². The zero-order chi connectivity index (χ0) is 54.0. The number of likely N-dealkylation sites (tertiary alicyclic amines) is 1. The van der Waals surface area contributed by atoms with Crippen LogP contribution in [0.15, 0.2) is 35.9 Å². The Morgan fingerprint density at radius 1 is 0.986 bits per heavy atom. The fraction of sp³-hybridized carbons (Fsp3) is 0.627. The number of nitrogens with one attached hydrogen (secondary N) is 1. The molecule has 8 rings (SSSR count). The van der Waals surface area contributed by atoms with E-state index < -0.39 is 101 Å². The molecule has 1 aromatic rings. The molecule has 0 radical (unpaired) electrons. The number of likely N-dealkylation sites (N-methyl/N-ethyl adjacent to an activating group) is 1. The molecule has 6 heterocycles. The number of allylic oxidation sites excluding steroid dienone is 3. The number of hydrogen-bond acceptors (Lipinski definition) is 17. The lowest BCUT2D eigenvalue weighted by Crippen LogP contribution is -2.72. The number of rotatable bonds is 13. The number of alkyl carbamates (subject to hydrolysis) is 1. The van der Waals surface area contributed by atoms with E-state index in [9.17, 15) is 48.3 Å². The Morgan fingerprint density at radius 3 is 2.31 bits per heavy atom. The number of thioether (sulfide) groups is 1. The molecule has 8 unspecified atom stereocenters. The molecule has 5 fully saturated rings. The number of hydrogen-bond donors (Lipinski definition) is 2. The zero-order valence-electron chi connectivity index (χ0n) is 43.0. The normalized spacial score (nSPS) is 32.2. The number of anilines is 1. The minimum atomic E-state index is -1.92. The highest BCUT2D eigenvalue weighted by Crippen LogP contribution is 2.51. The number of esters is 1. The second-order valence-electron chi connectivity index (χ2n) is 20.5. The van der Waals surface area contributed by atoms with E-state index in [1.807, 2.05) is 13.0 Å². The quantitative estimate of drug-likeness (QED) is 0.206. The summed E-state index contributed by atoms with van der Waals surface area (Å²) in [4.78, 5) is 127. The molecule has 4 saturated heterocycles. The first-order valence-corrected chi connectivity index (χ1v) is 26.2. The predicted molar refractivity (Wildman–Crippen MR) is 266 cm³/mol. The Hall–Kier alpha value is -5.55. The van der Waals surface area contributed by atoms with Crippen LogP contribution in [0.5, 0.6) is 5.75 Å². The number of ether oxygens (including phenoxy) is 5. The SMILES string of the molecule is COc1cc2cc(c1Cl)N(C)C(=O)CC(OC(=O)C(C)N(C)C(=O)CCSC1CC(=O)N(CC3CCC(C(=O)ON4C(=O)CCC4=O)CC3)C1=O)C1(C)CC(C)(O1)C1CC(O)(NC(=O)O1)C(OC)/C=C/C=C(\C)C2. The Kier molecular flexibility index (Phi) is 17.3. The van der Waals surface area contributed by atoms with Crippen LogP contribution < -0.4 is 15.0 Å². The van der Waals surface area contributed by atoms with Gasteiger partial charge in [-0.15, -0.1) is 16.8 Å². The van der Waals surface area contributed by atoms with Gasteiger partial charge in [0.25, 0.3) is 11.8 Å². The summed E-state index contributed by atoms with van der Waals surface area (Å²) in [5.41, 5.74) is -2.53. The van der Waals surface area contributed by atoms with Gasteiger partial charge in [-0.1, -0.05) is 35.4 Å². The highest BCUT2D eigenvalue weighted by Gasteiger charge is 2.63. The number of fused-ring (bicyclic) bond motifs is 6. The lowest BCUT2D eigenvalue weighted by Gasteiger charge is -2.59. The van der Waals surface area contributed by atoms with Gasteiger partial charge < -0.3 is 43.4 Å². The minimum absolute atomic E-state index is 0.00255. The minimum Gasteiger partial charge on any atom is -0.495 e. The highest BCUT2D eigenvalue weighted by molar-refractivity contribution is 8.00. The number of halogens is 1. The van der Waals surface area contributed by atoms with Crippen LogP contribution in [-0.4, -0.2) is 161 Å². The molecule has 1 saturated carbocycles. The molecule has 7 aliphatic rings. The maximum Gasteiger partial charge on any atom is 0.409 e. The number of carbonyl (C=O) groups is 9. The fourth-order valence-electron chi connectivity index (χ4n) is 10.6. The number of imide groups is 2. The topological polar surface area (TPSA) is 254 Å². The van der Waals surface area contributed by atoms with E-state index in [1.54, 1.807) is 38.1 Å². The van der Waals surface area contributed by atoms with Gasteiger partial charge in [0.15, 0.2) is 5.72 Å². The van der Waals surface area contributed by atoms with Gasteiger partial charge >= 0.3 is 18.0 Å². The fourth-order valence-corrected chi connectivity index (χ4v) is 12.0. The average molecular weight is 1070 g/mol. The van der Waals surface area contributed by atoms with Gasteiger partial charge in [0.2, 0.25) is 23.6 Å². The number of methoxy groups -OCH3 is 2. The summed E-state index contributed by atoms with van der Waals surface area (Å²) in [6.45, 7) is 6.90. The first-order valence-electron chi connectivity index (χ1n) is 24.8. The van der Waals surface area contributed by atoms with E-state index in [2.05, 4.69) is 5.32 Å². The van der Waals surface area contributed by atoms with Crippen molar-refractivity contribution in [2.24, 2.45) is 11.8 Å². The van der Waals surface area contributed by atoms with Crippen LogP contribution >= 0.6 is 23.4 Å². The van der Waals surface area contributed by atoms with Crippen molar-refractivity contribution in [2.75, 3.05) is 45.5 Å². The van der Waals surface area contributed by atoms with Gasteiger partial charge in [-0.2, -0.15) is 0 Å². The van der Waals surface area contributed by atoms with Crippen molar-refractivity contribution in [3.8, 4) is 5.75 Å². The third-order valence-electron chi connectivity index (χ3n) is 15.1. The summed E-state index contributed by atoms with van der Waals surface area (Å²) in [5.74, 6) is -4.34. The molecule has 21 nitrogen and oxygen atoms in total. The number of benzene rings is 1. The third-order valence-corrected chi connectivity index (χ3v) is 16.7. The van der Waals surface area contributed by atoms with Crippen LogP contribution in [-0.2, 0) is 68.6 Å². The predicted octanol–water partition coefficient (Wildman–Crippen LogP) is 4.32. The lowest BCUT2D eigenvalue weighted by atomic mass is 9.72. The molecule has 404 valence electrons.